The fourth-order valence-corrected chi connectivity index (χ4v) is 5.38. The highest BCUT2D eigenvalue weighted by atomic mass is 16.5. The Morgan fingerprint density at radius 1 is 1.27 bits per heavy atom. The molecule has 0 saturated carbocycles. The number of benzene rings is 1. The quantitative estimate of drug-likeness (QED) is 0.448. The zero-order chi connectivity index (χ0) is 21.5. The van der Waals surface area contributed by atoms with Gasteiger partial charge in [0.15, 0.2) is 0 Å². The van der Waals surface area contributed by atoms with Crippen LogP contribution in [0.4, 0.5) is 0 Å². The Morgan fingerprint density at radius 2 is 2.07 bits per heavy atom. The van der Waals surface area contributed by atoms with E-state index in [1.165, 1.54) is 11.1 Å². The van der Waals surface area contributed by atoms with Gasteiger partial charge in [-0.1, -0.05) is 31.9 Å². The molecule has 1 aromatic heterocycles. The highest BCUT2D eigenvalue weighted by molar-refractivity contribution is 5.54. The Bertz CT molecular complexity index is 925. The number of phenols is 1. The van der Waals surface area contributed by atoms with E-state index in [0.717, 1.165) is 50.0 Å². The average Bonchev–Trinajstić information content (AvgIpc) is 3.17. The number of aromatic hydroxyl groups is 1. The van der Waals surface area contributed by atoms with Crippen molar-refractivity contribution in [2.24, 2.45) is 5.92 Å². The minimum absolute atomic E-state index is 0.0197. The molecule has 0 unspecified atom stereocenters. The molecule has 162 valence electrons. The maximum atomic E-state index is 11.1. The van der Waals surface area contributed by atoms with Crippen LogP contribution in [0.2, 0.25) is 0 Å². The molecular weight excluding hydrogens is 372 g/mol. The summed E-state index contributed by atoms with van der Waals surface area (Å²) in [6.45, 7) is 12.2. The minimum Gasteiger partial charge on any atom is -0.508 e. The highest BCUT2D eigenvalue weighted by Gasteiger charge is 2.46. The third kappa shape index (κ3) is 4.01. The van der Waals surface area contributed by atoms with Gasteiger partial charge in [0.05, 0.1) is 6.33 Å². The van der Waals surface area contributed by atoms with Gasteiger partial charge in [-0.15, -0.1) is 0 Å². The van der Waals surface area contributed by atoms with Crippen LogP contribution in [0.25, 0.3) is 0 Å². The van der Waals surface area contributed by atoms with Gasteiger partial charge >= 0.3 is 0 Å². The number of fused-ring (bicyclic) bond motifs is 3. The number of ether oxygens (including phenoxy) is 1. The predicted molar refractivity (Wildman–Crippen MR) is 121 cm³/mol. The van der Waals surface area contributed by atoms with E-state index >= 15 is 0 Å². The van der Waals surface area contributed by atoms with Crippen molar-refractivity contribution in [2.75, 3.05) is 0 Å². The molecule has 1 aliphatic carbocycles. The lowest BCUT2D eigenvalue weighted by Gasteiger charge is -2.47. The summed E-state index contributed by atoms with van der Waals surface area (Å²) in [6, 6.07) is 4.21. The molecule has 4 rings (SSSR count). The van der Waals surface area contributed by atoms with E-state index in [2.05, 4.69) is 56.3 Å². The molecule has 2 aromatic rings. The lowest BCUT2D eigenvalue weighted by atomic mass is 9.66. The van der Waals surface area contributed by atoms with Crippen LogP contribution in [0.1, 0.15) is 83.8 Å². The number of hydrogen-bond donors (Lipinski definition) is 1. The van der Waals surface area contributed by atoms with Crippen molar-refractivity contribution in [1.82, 2.24) is 9.55 Å². The number of phenolic OH excluding ortho intramolecular Hbond substituents is 1. The number of hydrogen-bond acceptors (Lipinski definition) is 3. The van der Waals surface area contributed by atoms with E-state index in [1.54, 1.807) is 0 Å². The zero-order valence-electron chi connectivity index (χ0n) is 19.1. The molecule has 30 heavy (non-hydrogen) atoms. The maximum Gasteiger partial charge on any atom is 0.127 e. The summed E-state index contributed by atoms with van der Waals surface area (Å²) >= 11 is 0. The van der Waals surface area contributed by atoms with Crippen LogP contribution < -0.4 is 4.74 Å². The molecule has 0 radical (unpaired) electrons. The Balaban J connectivity index is 1.54. The highest BCUT2D eigenvalue weighted by Crippen LogP contribution is 2.54. The Labute approximate surface area is 181 Å². The minimum atomic E-state index is -0.227. The number of nitrogens with zero attached hydrogens (tertiary/aromatic N) is 2. The first-order valence-electron chi connectivity index (χ1n) is 11.4. The average molecular weight is 409 g/mol. The summed E-state index contributed by atoms with van der Waals surface area (Å²) in [7, 11) is 0. The van der Waals surface area contributed by atoms with Crippen molar-refractivity contribution in [3.63, 3.8) is 0 Å². The molecular formula is C26H36N2O2. The fourth-order valence-electron chi connectivity index (χ4n) is 5.38. The smallest absolute Gasteiger partial charge is 0.127 e. The van der Waals surface area contributed by atoms with Crippen molar-refractivity contribution < 1.29 is 9.84 Å². The Morgan fingerprint density at radius 3 is 2.80 bits per heavy atom. The lowest BCUT2D eigenvalue weighted by molar-refractivity contribution is 0.00741. The third-order valence-electron chi connectivity index (χ3n) is 7.31. The molecule has 4 heteroatoms. The molecule has 0 saturated heterocycles. The van der Waals surface area contributed by atoms with Crippen LogP contribution in [0.3, 0.4) is 0 Å². The van der Waals surface area contributed by atoms with Gasteiger partial charge in [-0.3, -0.25) is 0 Å². The van der Waals surface area contributed by atoms with E-state index in [4.69, 9.17) is 4.74 Å². The lowest BCUT2D eigenvalue weighted by Crippen LogP contribution is -2.45. The molecule has 4 nitrogen and oxygen atoms in total. The summed E-state index contributed by atoms with van der Waals surface area (Å²) in [5.74, 6) is 2.04. The molecule has 0 amide bonds. The molecule has 2 heterocycles. The Kier molecular flexibility index (Phi) is 5.46. The van der Waals surface area contributed by atoms with Gasteiger partial charge in [0.2, 0.25) is 0 Å². The number of rotatable bonds is 6. The van der Waals surface area contributed by atoms with Gasteiger partial charge < -0.3 is 14.4 Å². The van der Waals surface area contributed by atoms with Crippen LogP contribution in [-0.2, 0) is 12.0 Å². The van der Waals surface area contributed by atoms with E-state index < -0.39 is 0 Å². The molecule has 0 spiro atoms. The van der Waals surface area contributed by atoms with Crippen LogP contribution in [0, 0.1) is 5.92 Å². The van der Waals surface area contributed by atoms with Gasteiger partial charge in [-0.25, -0.2) is 4.98 Å². The SMILES string of the molecule is CC1=CC[C@@H]2[C@@H](C1)c1c(O)cc(C(C)(C)CCCCn3ccnc3)cc1OC2(C)C. The van der Waals surface area contributed by atoms with Crippen LogP contribution in [-0.4, -0.2) is 20.3 Å². The largest absolute Gasteiger partial charge is 0.508 e. The fraction of sp³-hybridized carbons (Fsp3) is 0.577. The van der Waals surface area contributed by atoms with Crippen LogP contribution in [0.15, 0.2) is 42.5 Å². The summed E-state index contributed by atoms with van der Waals surface area (Å²) < 4.78 is 8.65. The van der Waals surface area contributed by atoms with Crippen molar-refractivity contribution in [3.05, 3.63) is 53.6 Å². The molecule has 1 aliphatic heterocycles. The summed E-state index contributed by atoms with van der Waals surface area (Å²) in [4.78, 5) is 4.11. The second-order valence-corrected chi connectivity index (χ2v) is 10.5. The maximum absolute atomic E-state index is 11.1. The van der Waals surface area contributed by atoms with Gasteiger partial charge in [0.25, 0.3) is 0 Å². The van der Waals surface area contributed by atoms with Gasteiger partial charge in [0.1, 0.15) is 17.1 Å². The number of unbranched alkanes of at least 4 members (excludes halogenated alkanes) is 1. The Hall–Kier alpha value is -2.23. The second kappa shape index (κ2) is 7.79. The monoisotopic (exact) mass is 408 g/mol. The number of allylic oxidation sites excluding steroid dienone is 2. The number of imidazole rings is 1. The first-order valence-corrected chi connectivity index (χ1v) is 11.4. The van der Waals surface area contributed by atoms with Crippen LogP contribution >= 0.6 is 0 Å². The summed E-state index contributed by atoms with van der Waals surface area (Å²) in [6.07, 6.45) is 13.4. The van der Waals surface area contributed by atoms with Crippen molar-refractivity contribution in [3.8, 4) is 11.5 Å². The van der Waals surface area contributed by atoms with Crippen molar-refractivity contribution in [1.29, 1.82) is 0 Å². The first kappa shape index (κ1) is 21.0. The molecule has 0 fully saturated rings. The zero-order valence-corrected chi connectivity index (χ0v) is 19.1. The van der Waals surface area contributed by atoms with E-state index in [-0.39, 0.29) is 11.0 Å². The van der Waals surface area contributed by atoms with Gasteiger partial charge in [-0.05, 0) is 69.6 Å². The van der Waals surface area contributed by atoms with E-state index in [9.17, 15) is 5.11 Å². The molecule has 2 atom stereocenters. The molecule has 1 aromatic carbocycles. The van der Waals surface area contributed by atoms with Crippen molar-refractivity contribution >= 4 is 0 Å². The van der Waals surface area contributed by atoms with Gasteiger partial charge in [0, 0.05) is 36.3 Å². The standard InChI is InChI=1S/C26H36N2O2/c1-18-8-9-21-20(14-18)24-22(29)15-19(16-23(24)30-26(21,4)5)25(2,3)10-6-7-12-28-13-11-27-17-28/h8,11,13,15-17,20-21,29H,6-7,9-10,12,14H2,1-5H3/t20-,21-/m1/s1. The summed E-state index contributed by atoms with van der Waals surface area (Å²) in [5, 5.41) is 11.1. The first-order chi connectivity index (χ1) is 14.2. The van der Waals surface area contributed by atoms with Crippen molar-refractivity contribution in [2.45, 2.75) is 90.2 Å². The predicted octanol–water partition coefficient (Wildman–Crippen LogP) is 6.35. The van der Waals surface area contributed by atoms with Crippen LogP contribution in [0.5, 0.6) is 11.5 Å². The molecule has 0 bridgehead atoms. The topological polar surface area (TPSA) is 47.3 Å². The molecule has 1 N–H and O–H groups in total. The van der Waals surface area contributed by atoms with E-state index in [0.29, 0.717) is 17.6 Å². The van der Waals surface area contributed by atoms with Gasteiger partial charge in [-0.2, -0.15) is 0 Å². The molecule has 2 aliphatic rings. The second-order valence-electron chi connectivity index (χ2n) is 10.5. The van der Waals surface area contributed by atoms with E-state index in [1.807, 2.05) is 24.8 Å². The number of aromatic nitrogens is 2. The normalized spacial score (nSPS) is 22.6. The summed E-state index contributed by atoms with van der Waals surface area (Å²) in [5.41, 5.74) is 3.36. The number of aryl methyl sites for hydroxylation is 1. The third-order valence-corrected chi connectivity index (χ3v) is 7.31.